The van der Waals surface area contributed by atoms with E-state index in [0.717, 1.165) is 0 Å². The van der Waals surface area contributed by atoms with Gasteiger partial charge in [0.15, 0.2) is 5.78 Å². The molecule has 3 rings (SSSR count). The van der Waals surface area contributed by atoms with Gasteiger partial charge in [-0.3, -0.25) is 4.79 Å². The molecule has 0 bridgehead atoms. The lowest BCUT2D eigenvalue weighted by Crippen LogP contribution is -2.05. The van der Waals surface area contributed by atoms with E-state index in [4.69, 9.17) is 9.15 Å². The lowest BCUT2D eigenvalue weighted by molar-refractivity contribution is 0.0561. The van der Waals surface area contributed by atoms with Crippen LogP contribution in [0.25, 0.3) is 0 Å². The van der Waals surface area contributed by atoms with Crippen molar-refractivity contribution in [3.05, 3.63) is 89.4 Å². The fraction of sp³-hybridized carbons (Fsp3) is 0.100. The fourth-order valence-electron chi connectivity index (χ4n) is 2.34. The van der Waals surface area contributed by atoms with Crippen LogP contribution in [0.15, 0.2) is 71.3 Å². The Bertz CT molecular complexity index is 863. The van der Waals surface area contributed by atoms with E-state index in [1.807, 2.05) is 18.2 Å². The van der Waals surface area contributed by atoms with E-state index in [1.165, 1.54) is 13.4 Å². The molecule has 25 heavy (non-hydrogen) atoms. The minimum atomic E-state index is -0.549. The number of rotatable bonds is 6. The average molecular weight is 336 g/mol. The summed E-state index contributed by atoms with van der Waals surface area (Å²) in [5, 5.41) is 0. The van der Waals surface area contributed by atoms with Gasteiger partial charge in [0.2, 0.25) is 5.76 Å². The molecule has 0 N–H and O–H groups in total. The van der Waals surface area contributed by atoms with E-state index in [9.17, 15) is 9.59 Å². The first-order valence-electron chi connectivity index (χ1n) is 7.66. The van der Waals surface area contributed by atoms with E-state index in [0.29, 0.717) is 22.4 Å². The number of ketones is 1. The van der Waals surface area contributed by atoms with Crippen molar-refractivity contribution in [1.29, 1.82) is 0 Å². The molecule has 0 fully saturated rings. The van der Waals surface area contributed by atoms with E-state index in [1.54, 1.807) is 42.5 Å². The molecule has 0 aliphatic rings. The monoisotopic (exact) mass is 336 g/mol. The number of esters is 1. The van der Waals surface area contributed by atoms with Gasteiger partial charge in [0.1, 0.15) is 12.4 Å². The Morgan fingerprint density at radius 3 is 2.28 bits per heavy atom. The second-order valence-corrected chi connectivity index (χ2v) is 5.27. The summed E-state index contributed by atoms with van der Waals surface area (Å²) in [7, 11) is 1.29. The minimum Gasteiger partial charge on any atom is -0.489 e. The van der Waals surface area contributed by atoms with Gasteiger partial charge >= 0.3 is 5.97 Å². The lowest BCUT2D eigenvalue weighted by atomic mass is 10.0. The third kappa shape index (κ3) is 3.77. The second-order valence-electron chi connectivity index (χ2n) is 5.27. The van der Waals surface area contributed by atoms with Crippen LogP contribution in [0.2, 0.25) is 0 Å². The van der Waals surface area contributed by atoms with Gasteiger partial charge in [0.25, 0.3) is 0 Å². The summed E-state index contributed by atoms with van der Waals surface area (Å²) < 4.78 is 15.4. The molecule has 0 saturated heterocycles. The largest absolute Gasteiger partial charge is 0.489 e. The van der Waals surface area contributed by atoms with E-state index < -0.39 is 5.97 Å². The Labute approximate surface area is 144 Å². The number of hydrogen-bond donors (Lipinski definition) is 0. The van der Waals surface area contributed by atoms with Crippen molar-refractivity contribution in [3.63, 3.8) is 0 Å². The number of furan rings is 1. The smallest absolute Gasteiger partial charge is 0.374 e. The summed E-state index contributed by atoms with van der Waals surface area (Å²) in [6.45, 7) is 0.160. The van der Waals surface area contributed by atoms with Crippen molar-refractivity contribution in [1.82, 2.24) is 0 Å². The predicted molar refractivity (Wildman–Crippen MR) is 90.7 cm³/mol. The third-order valence-corrected chi connectivity index (χ3v) is 3.66. The molecule has 2 aromatic carbocycles. The number of hydrogen-bond acceptors (Lipinski definition) is 5. The standard InChI is InChI=1S/C20H16O5/c1-23-20(22)19-16(11-12-24-19)13-25-17-9-7-15(8-10-17)18(21)14-5-3-2-4-6-14/h2-12H,13H2,1H3. The number of ether oxygens (including phenoxy) is 2. The van der Waals surface area contributed by atoms with Crippen LogP contribution in [0.1, 0.15) is 32.0 Å². The third-order valence-electron chi connectivity index (χ3n) is 3.66. The van der Waals surface area contributed by atoms with E-state index in [2.05, 4.69) is 4.74 Å². The molecule has 0 radical (unpaired) electrons. The van der Waals surface area contributed by atoms with Crippen LogP contribution >= 0.6 is 0 Å². The number of methoxy groups -OCH3 is 1. The normalized spacial score (nSPS) is 10.3. The van der Waals surface area contributed by atoms with Crippen LogP contribution in [0, 0.1) is 0 Å². The van der Waals surface area contributed by atoms with Crippen LogP contribution in [0.4, 0.5) is 0 Å². The highest BCUT2D eigenvalue weighted by Gasteiger charge is 2.16. The molecule has 0 unspecified atom stereocenters. The topological polar surface area (TPSA) is 65.7 Å². The number of carbonyl (C=O) groups excluding carboxylic acids is 2. The van der Waals surface area contributed by atoms with Gasteiger partial charge in [0.05, 0.1) is 13.4 Å². The summed E-state index contributed by atoms with van der Waals surface area (Å²) in [4.78, 5) is 23.9. The van der Waals surface area contributed by atoms with Gasteiger partial charge in [-0.2, -0.15) is 0 Å². The molecule has 1 heterocycles. The number of carbonyl (C=O) groups is 2. The fourth-order valence-corrected chi connectivity index (χ4v) is 2.34. The molecule has 0 spiro atoms. The Kier molecular flexibility index (Phi) is 4.95. The highest BCUT2D eigenvalue weighted by atomic mass is 16.5. The van der Waals surface area contributed by atoms with Gasteiger partial charge in [0, 0.05) is 16.7 Å². The van der Waals surface area contributed by atoms with Gasteiger partial charge in [-0.05, 0) is 30.3 Å². The Morgan fingerprint density at radius 2 is 1.60 bits per heavy atom. The summed E-state index contributed by atoms with van der Waals surface area (Å²) in [6, 6.07) is 17.6. The van der Waals surface area contributed by atoms with Gasteiger partial charge in [-0.1, -0.05) is 30.3 Å². The first kappa shape index (κ1) is 16.5. The van der Waals surface area contributed by atoms with Crippen LogP contribution in [0.5, 0.6) is 5.75 Å². The van der Waals surface area contributed by atoms with Crippen molar-refractivity contribution >= 4 is 11.8 Å². The van der Waals surface area contributed by atoms with Crippen molar-refractivity contribution in [3.8, 4) is 5.75 Å². The zero-order chi connectivity index (χ0) is 17.6. The summed E-state index contributed by atoms with van der Waals surface area (Å²) in [5.41, 5.74) is 1.81. The maximum atomic E-state index is 12.4. The summed E-state index contributed by atoms with van der Waals surface area (Å²) >= 11 is 0. The second kappa shape index (κ2) is 7.49. The first-order valence-corrected chi connectivity index (χ1v) is 7.66. The lowest BCUT2D eigenvalue weighted by Gasteiger charge is -2.07. The molecule has 0 aliphatic heterocycles. The highest BCUT2D eigenvalue weighted by molar-refractivity contribution is 6.08. The van der Waals surface area contributed by atoms with Crippen LogP contribution in [-0.4, -0.2) is 18.9 Å². The molecule has 3 aromatic rings. The molecule has 5 heteroatoms. The van der Waals surface area contributed by atoms with E-state index >= 15 is 0 Å². The van der Waals surface area contributed by atoms with Crippen LogP contribution < -0.4 is 4.74 Å². The molecular formula is C20H16O5. The Balaban J connectivity index is 1.67. The highest BCUT2D eigenvalue weighted by Crippen LogP contribution is 2.19. The molecular weight excluding hydrogens is 320 g/mol. The molecule has 0 saturated carbocycles. The Morgan fingerprint density at radius 1 is 0.920 bits per heavy atom. The maximum absolute atomic E-state index is 12.4. The van der Waals surface area contributed by atoms with Crippen LogP contribution in [-0.2, 0) is 11.3 Å². The molecule has 0 amide bonds. The first-order chi connectivity index (χ1) is 12.2. The molecule has 0 aliphatic carbocycles. The molecule has 1 aromatic heterocycles. The minimum absolute atomic E-state index is 0.0463. The van der Waals surface area contributed by atoms with Crippen molar-refractivity contribution < 1.29 is 23.5 Å². The predicted octanol–water partition coefficient (Wildman–Crippen LogP) is 3.88. The maximum Gasteiger partial charge on any atom is 0.374 e. The molecule has 126 valence electrons. The van der Waals surface area contributed by atoms with Crippen molar-refractivity contribution in [2.75, 3.05) is 7.11 Å². The Hall–Kier alpha value is -3.34. The van der Waals surface area contributed by atoms with Crippen molar-refractivity contribution in [2.45, 2.75) is 6.61 Å². The quantitative estimate of drug-likeness (QED) is 0.505. The van der Waals surface area contributed by atoms with Gasteiger partial charge in [-0.15, -0.1) is 0 Å². The van der Waals surface area contributed by atoms with Gasteiger partial charge < -0.3 is 13.9 Å². The summed E-state index contributed by atoms with van der Waals surface area (Å²) in [6.07, 6.45) is 1.41. The summed E-state index contributed by atoms with van der Waals surface area (Å²) in [5.74, 6) is 0.113. The zero-order valence-corrected chi connectivity index (χ0v) is 13.6. The number of benzene rings is 2. The zero-order valence-electron chi connectivity index (χ0n) is 13.6. The molecule has 0 atom stereocenters. The SMILES string of the molecule is COC(=O)c1occc1COc1ccc(C(=O)c2ccccc2)cc1. The van der Waals surface area contributed by atoms with E-state index in [-0.39, 0.29) is 18.2 Å². The average Bonchev–Trinajstić information content (AvgIpc) is 3.15. The van der Waals surface area contributed by atoms with Crippen LogP contribution in [0.3, 0.4) is 0 Å². The van der Waals surface area contributed by atoms with Crippen molar-refractivity contribution in [2.24, 2.45) is 0 Å². The molecule has 5 nitrogen and oxygen atoms in total. The van der Waals surface area contributed by atoms with Gasteiger partial charge in [-0.25, -0.2) is 4.79 Å².